The van der Waals surface area contributed by atoms with Gasteiger partial charge in [-0.25, -0.2) is 4.79 Å². The number of carbonyl (C=O) groups is 2. The number of para-hydroxylation sites is 1. The third-order valence-corrected chi connectivity index (χ3v) is 4.36. The van der Waals surface area contributed by atoms with E-state index < -0.39 is 5.91 Å². The van der Waals surface area contributed by atoms with Crippen LogP contribution in [0.4, 0.5) is 21.2 Å². The molecular formula is C18H16N4O2S. The fourth-order valence-corrected chi connectivity index (χ4v) is 3.21. The Morgan fingerprint density at radius 2 is 1.48 bits per heavy atom. The molecule has 0 saturated carbocycles. The van der Waals surface area contributed by atoms with Gasteiger partial charge in [0.25, 0.3) is 5.91 Å². The third-order valence-electron chi connectivity index (χ3n) is 3.55. The summed E-state index contributed by atoms with van der Waals surface area (Å²) in [6.45, 7) is 0. The highest BCUT2D eigenvalue weighted by Crippen LogP contribution is 2.33. The molecule has 126 valence electrons. The Bertz CT molecular complexity index is 905. The normalized spacial score (nSPS) is 10.2. The van der Waals surface area contributed by atoms with Gasteiger partial charge in [0, 0.05) is 22.3 Å². The van der Waals surface area contributed by atoms with Crippen molar-refractivity contribution >= 4 is 39.7 Å². The number of rotatable bonds is 4. The second kappa shape index (κ2) is 7.06. The van der Waals surface area contributed by atoms with Gasteiger partial charge in [-0.05, 0) is 29.8 Å². The Balaban J connectivity index is 1.73. The van der Waals surface area contributed by atoms with Crippen LogP contribution in [0.1, 0.15) is 10.4 Å². The summed E-state index contributed by atoms with van der Waals surface area (Å²) in [4.78, 5) is 23.5. The molecule has 3 amide bonds. The summed E-state index contributed by atoms with van der Waals surface area (Å²) in [6.07, 6.45) is 0. The second-order valence-corrected chi connectivity index (χ2v) is 6.19. The summed E-state index contributed by atoms with van der Waals surface area (Å²) >= 11 is 1.27. The lowest BCUT2D eigenvalue weighted by atomic mass is 10.0. The predicted molar refractivity (Wildman–Crippen MR) is 102 cm³/mol. The van der Waals surface area contributed by atoms with E-state index in [1.807, 2.05) is 18.2 Å². The first-order valence-corrected chi connectivity index (χ1v) is 8.33. The van der Waals surface area contributed by atoms with Crippen LogP contribution < -0.4 is 22.1 Å². The SMILES string of the molecule is NC(=O)c1c(-c2ccc(NC(=O)Nc3ccccc3)cc2)csc1N. The van der Waals surface area contributed by atoms with Crippen LogP contribution in [0.15, 0.2) is 60.0 Å². The number of primary amides is 1. The number of nitrogens with one attached hydrogen (secondary N) is 2. The van der Waals surface area contributed by atoms with Crippen molar-refractivity contribution in [2.45, 2.75) is 0 Å². The topological polar surface area (TPSA) is 110 Å². The van der Waals surface area contributed by atoms with E-state index in [-0.39, 0.29) is 6.03 Å². The van der Waals surface area contributed by atoms with E-state index in [2.05, 4.69) is 10.6 Å². The molecule has 0 aliphatic rings. The summed E-state index contributed by atoms with van der Waals surface area (Å²) in [7, 11) is 0. The Morgan fingerprint density at radius 3 is 2.08 bits per heavy atom. The standard InChI is InChI=1S/C18H16N4O2S/c19-16(23)15-14(10-25-17(15)20)11-6-8-13(9-7-11)22-18(24)21-12-4-2-1-3-5-12/h1-10H,20H2,(H2,19,23)(H2,21,22,24). The predicted octanol–water partition coefficient (Wildman–Crippen LogP) is 3.74. The highest BCUT2D eigenvalue weighted by Gasteiger charge is 2.16. The van der Waals surface area contributed by atoms with Crippen molar-refractivity contribution in [3.63, 3.8) is 0 Å². The average Bonchev–Trinajstić information content (AvgIpc) is 2.98. The molecule has 0 aliphatic carbocycles. The fraction of sp³-hybridized carbons (Fsp3) is 0. The van der Waals surface area contributed by atoms with Gasteiger partial charge in [0.1, 0.15) is 0 Å². The van der Waals surface area contributed by atoms with E-state index in [9.17, 15) is 9.59 Å². The lowest BCUT2D eigenvalue weighted by molar-refractivity contribution is 0.100. The number of urea groups is 1. The van der Waals surface area contributed by atoms with Crippen molar-refractivity contribution in [3.05, 3.63) is 65.5 Å². The van der Waals surface area contributed by atoms with Crippen LogP contribution in [0.3, 0.4) is 0 Å². The average molecular weight is 352 g/mol. The number of hydrogen-bond donors (Lipinski definition) is 4. The molecular weight excluding hydrogens is 336 g/mol. The molecule has 0 aliphatic heterocycles. The number of carbonyl (C=O) groups excluding carboxylic acids is 2. The number of thiophene rings is 1. The van der Waals surface area contributed by atoms with Gasteiger partial charge in [-0.15, -0.1) is 11.3 Å². The minimum atomic E-state index is -0.557. The van der Waals surface area contributed by atoms with Gasteiger partial charge in [-0.3, -0.25) is 4.79 Å². The van der Waals surface area contributed by atoms with Gasteiger partial charge in [-0.2, -0.15) is 0 Å². The van der Waals surface area contributed by atoms with E-state index in [4.69, 9.17) is 11.5 Å². The zero-order valence-electron chi connectivity index (χ0n) is 13.2. The number of benzene rings is 2. The van der Waals surface area contributed by atoms with E-state index in [0.29, 0.717) is 27.5 Å². The lowest BCUT2D eigenvalue weighted by Gasteiger charge is -2.08. The molecule has 0 saturated heterocycles. The van der Waals surface area contributed by atoms with E-state index in [1.54, 1.807) is 41.8 Å². The van der Waals surface area contributed by atoms with Gasteiger partial charge in [0.2, 0.25) is 0 Å². The van der Waals surface area contributed by atoms with E-state index in [0.717, 1.165) is 5.56 Å². The first-order chi connectivity index (χ1) is 12.0. The molecule has 1 aromatic heterocycles. The van der Waals surface area contributed by atoms with Crippen LogP contribution >= 0.6 is 11.3 Å². The van der Waals surface area contributed by atoms with Gasteiger partial charge < -0.3 is 22.1 Å². The van der Waals surface area contributed by atoms with Crippen molar-refractivity contribution in [3.8, 4) is 11.1 Å². The summed E-state index contributed by atoms with van der Waals surface area (Å²) in [5.41, 5.74) is 14.3. The number of hydrogen-bond acceptors (Lipinski definition) is 4. The molecule has 0 bridgehead atoms. The monoisotopic (exact) mass is 352 g/mol. The number of anilines is 3. The maximum atomic E-state index is 12.0. The van der Waals surface area contributed by atoms with Crippen molar-refractivity contribution in [2.24, 2.45) is 5.73 Å². The lowest BCUT2D eigenvalue weighted by Crippen LogP contribution is -2.19. The first kappa shape index (κ1) is 16.5. The van der Waals surface area contributed by atoms with Crippen molar-refractivity contribution < 1.29 is 9.59 Å². The molecule has 25 heavy (non-hydrogen) atoms. The van der Waals surface area contributed by atoms with Gasteiger partial charge in [-0.1, -0.05) is 30.3 Å². The molecule has 0 radical (unpaired) electrons. The molecule has 6 nitrogen and oxygen atoms in total. The molecule has 3 aromatic rings. The van der Waals surface area contributed by atoms with E-state index in [1.165, 1.54) is 11.3 Å². The molecule has 3 rings (SSSR count). The molecule has 1 heterocycles. The van der Waals surface area contributed by atoms with Crippen LogP contribution in [0.2, 0.25) is 0 Å². The highest BCUT2D eigenvalue weighted by molar-refractivity contribution is 7.15. The Morgan fingerprint density at radius 1 is 0.880 bits per heavy atom. The quantitative estimate of drug-likeness (QED) is 0.574. The van der Waals surface area contributed by atoms with Crippen LogP contribution in [0.5, 0.6) is 0 Å². The van der Waals surface area contributed by atoms with Crippen LogP contribution in [-0.4, -0.2) is 11.9 Å². The molecule has 0 unspecified atom stereocenters. The number of nitrogen functional groups attached to an aromatic ring is 1. The molecule has 0 atom stereocenters. The first-order valence-electron chi connectivity index (χ1n) is 7.45. The maximum absolute atomic E-state index is 12.0. The fourth-order valence-electron chi connectivity index (χ4n) is 2.39. The van der Waals surface area contributed by atoms with Crippen LogP contribution in [0.25, 0.3) is 11.1 Å². The zero-order chi connectivity index (χ0) is 17.8. The summed E-state index contributed by atoms with van der Waals surface area (Å²) in [5.74, 6) is -0.557. The Hall–Kier alpha value is -3.32. The molecule has 2 aromatic carbocycles. The van der Waals surface area contributed by atoms with Crippen molar-refractivity contribution in [1.82, 2.24) is 0 Å². The van der Waals surface area contributed by atoms with Gasteiger partial charge in [0.05, 0.1) is 10.6 Å². The number of amides is 3. The molecule has 7 heteroatoms. The van der Waals surface area contributed by atoms with E-state index >= 15 is 0 Å². The summed E-state index contributed by atoms with van der Waals surface area (Å²) < 4.78 is 0. The third kappa shape index (κ3) is 3.78. The maximum Gasteiger partial charge on any atom is 0.323 e. The van der Waals surface area contributed by atoms with Crippen LogP contribution in [0, 0.1) is 0 Å². The minimum absolute atomic E-state index is 0.326. The summed E-state index contributed by atoms with van der Waals surface area (Å²) in [6, 6.07) is 15.9. The zero-order valence-corrected chi connectivity index (χ0v) is 14.0. The minimum Gasteiger partial charge on any atom is -0.390 e. The largest absolute Gasteiger partial charge is 0.390 e. The van der Waals surface area contributed by atoms with Gasteiger partial charge >= 0.3 is 6.03 Å². The Labute approximate surface area is 148 Å². The second-order valence-electron chi connectivity index (χ2n) is 5.28. The van der Waals surface area contributed by atoms with Crippen molar-refractivity contribution in [2.75, 3.05) is 16.4 Å². The number of nitrogens with two attached hydrogens (primary N) is 2. The highest BCUT2D eigenvalue weighted by atomic mass is 32.1. The molecule has 0 fully saturated rings. The summed E-state index contributed by atoms with van der Waals surface area (Å²) in [5, 5.41) is 7.67. The Kier molecular flexibility index (Phi) is 4.67. The van der Waals surface area contributed by atoms with Crippen molar-refractivity contribution in [1.29, 1.82) is 0 Å². The smallest absolute Gasteiger partial charge is 0.323 e. The molecule has 6 N–H and O–H groups in total. The van der Waals surface area contributed by atoms with Crippen LogP contribution in [-0.2, 0) is 0 Å². The van der Waals surface area contributed by atoms with Gasteiger partial charge in [0.15, 0.2) is 0 Å². The molecule has 0 spiro atoms.